The Morgan fingerprint density at radius 2 is 2.10 bits per heavy atom. The van der Waals surface area contributed by atoms with Gasteiger partial charge < -0.3 is 0 Å². The molecule has 0 saturated heterocycles. The van der Waals surface area contributed by atoms with Crippen LogP contribution in [0.3, 0.4) is 0 Å². The Hall–Kier alpha value is -0.850. The van der Waals surface area contributed by atoms with E-state index in [2.05, 4.69) is 25.4 Å². The SMILES string of the molecule is C=C/C=C\N=C(C)C(C)C. The van der Waals surface area contributed by atoms with Crippen LogP contribution in [0.1, 0.15) is 20.8 Å². The quantitative estimate of drug-likeness (QED) is 0.419. The monoisotopic (exact) mass is 137 g/mol. The first-order chi connectivity index (χ1) is 4.68. The molecule has 0 N–H and O–H groups in total. The molecule has 0 unspecified atom stereocenters. The molecule has 0 rings (SSSR count). The molecule has 10 heavy (non-hydrogen) atoms. The van der Waals surface area contributed by atoms with Crippen LogP contribution in [0.15, 0.2) is 29.9 Å². The first-order valence-corrected chi connectivity index (χ1v) is 3.50. The highest BCUT2D eigenvalue weighted by molar-refractivity contribution is 5.84. The third kappa shape index (κ3) is 4.07. The van der Waals surface area contributed by atoms with Gasteiger partial charge in [0, 0.05) is 11.9 Å². The number of hydrogen-bond donors (Lipinski definition) is 0. The second-order valence-electron chi connectivity index (χ2n) is 2.50. The van der Waals surface area contributed by atoms with Gasteiger partial charge in [0.2, 0.25) is 0 Å². The van der Waals surface area contributed by atoms with Crippen molar-refractivity contribution in [3.63, 3.8) is 0 Å². The van der Waals surface area contributed by atoms with E-state index in [0.29, 0.717) is 5.92 Å². The molecule has 0 aliphatic carbocycles. The Balaban J connectivity index is 3.91. The molecule has 0 amide bonds. The number of rotatable bonds is 3. The van der Waals surface area contributed by atoms with Crippen molar-refractivity contribution in [1.82, 2.24) is 0 Å². The zero-order valence-electron chi connectivity index (χ0n) is 6.96. The van der Waals surface area contributed by atoms with E-state index in [4.69, 9.17) is 0 Å². The topological polar surface area (TPSA) is 12.4 Å². The Kier molecular flexibility index (Phi) is 4.55. The molecule has 0 aromatic rings. The van der Waals surface area contributed by atoms with Crippen LogP contribution in [-0.2, 0) is 0 Å². The summed E-state index contributed by atoms with van der Waals surface area (Å²) in [6.45, 7) is 9.82. The lowest BCUT2D eigenvalue weighted by Gasteiger charge is -1.99. The summed E-state index contributed by atoms with van der Waals surface area (Å²) in [4.78, 5) is 4.18. The molecule has 0 radical (unpaired) electrons. The van der Waals surface area contributed by atoms with E-state index in [1.165, 1.54) is 0 Å². The average molecular weight is 137 g/mol. The van der Waals surface area contributed by atoms with E-state index in [9.17, 15) is 0 Å². The van der Waals surface area contributed by atoms with Crippen LogP contribution in [0, 0.1) is 5.92 Å². The molecule has 0 aliphatic heterocycles. The second kappa shape index (κ2) is 4.98. The van der Waals surface area contributed by atoms with Crippen LogP contribution in [0.4, 0.5) is 0 Å². The largest absolute Gasteiger partial charge is 0.266 e. The minimum absolute atomic E-state index is 0.537. The van der Waals surface area contributed by atoms with Crippen molar-refractivity contribution in [3.8, 4) is 0 Å². The van der Waals surface area contributed by atoms with Crippen LogP contribution < -0.4 is 0 Å². The van der Waals surface area contributed by atoms with Gasteiger partial charge in [-0.15, -0.1) is 0 Å². The first kappa shape index (κ1) is 9.15. The average Bonchev–Trinajstić information content (AvgIpc) is 1.88. The molecule has 0 aromatic heterocycles. The molecular weight excluding hydrogens is 122 g/mol. The molecule has 0 aromatic carbocycles. The molecule has 0 aliphatic rings. The maximum atomic E-state index is 4.18. The maximum absolute atomic E-state index is 4.18. The molecular formula is C9H15N. The minimum atomic E-state index is 0.537. The molecule has 0 bridgehead atoms. The summed E-state index contributed by atoms with van der Waals surface area (Å²) in [5, 5.41) is 0. The van der Waals surface area contributed by atoms with E-state index in [1.807, 2.05) is 13.0 Å². The predicted molar refractivity (Wildman–Crippen MR) is 47.3 cm³/mol. The van der Waals surface area contributed by atoms with Crippen LogP contribution in [0.5, 0.6) is 0 Å². The number of allylic oxidation sites excluding steroid dienone is 2. The molecule has 0 fully saturated rings. The summed E-state index contributed by atoms with van der Waals surface area (Å²) in [5.74, 6) is 0.537. The second-order valence-corrected chi connectivity index (χ2v) is 2.50. The molecule has 1 nitrogen and oxygen atoms in total. The van der Waals surface area contributed by atoms with Crippen molar-refractivity contribution in [2.45, 2.75) is 20.8 Å². The maximum Gasteiger partial charge on any atom is 0.0266 e. The van der Waals surface area contributed by atoms with Crippen LogP contribution in [-0.4, -0.2) is 5.71 Å². The molecule has 1 heteroatoms. The Bertz CT molecular complexity index is 152. The fourth-order valence-electron chi connectivity index (χ4n) is 0.371. The van der Waals surface area contributed by atoms with Crippen LogP contribution in [0.2, 0.25) is 0 Å². The fraction of sp³-hybridized carbons (Fsp3) is 0.444. The summed E-state index contributed by atoms with van der Waals surface area (Å²) in [6, 6.07) is 0. The Labute approximate surface area is 63.2 Å². The number of nitrogens with zero attached hydrogens (tertiary/aromatic N) is 1. The molecule has 0 atom stereocenters. The van der Waals surface area contributed by atoms with Crippen LogP contribution >= 0.6 is 0 Å². The summed E-state index contributed by atoms with van der Waals surface area (Å²) in [5.41, 5.74) is 1.15. The van der Waals surface area contributed by atoms with Crippen molar-refractivity contribution in [3.05, 3.63) is 24.9 Å². The Morgan fingerprint density at radius 3 is 2.50 bits per heavy atom. The summed E-state index contributed by atoms with van der Waals surface area (Å²) < 4.78 is 0. The van der Waals surface area contributed by atoms with Crippen molar-refractivity contribution < 1.29 is 0 Å². The molecule has 56 valence electrons. The third-order valence-electron chi connectivity index (χ3n) is 1.34. The van der Waals surface area contributed by atoms with Gasteiger partial charge in [0.1, 0.15) is 0 Å². The van der Waals surface area contributed by atoms with Crippen molar-refractivity contribution in [2.24, 2.45) is 10.9 Å². The van der Waals surface area contributed by atoms with E-state index < -0.39 is 0 Å². The zero-order valence-corrected chi connectivity index (χ0v) is 6.96. The van der Waals surface area contributed by atoms with Gasteiger partial charge in [0.15, 0.2) is 0 Å². The first-order valence-electron chi connectivity index (χ1n) is 3.50. The lowest BCUT2D eigenvalue weighted by atomic mass is 10.1. The van der Waals surface area contributed by atoms with Gasteiger partial charge in [-0.2, -0.15) is 0 Å². The molecule has 0 saturated carbocycles. The van der Waals surface area contributed by atoms with Gasteiger partial charge in [0.25, 0.3) is 0 Å². The zero-order chi connectivity index (χ0) is 7.98. The van der Waals surface area contributed by atoms with Gasteiger partial charge in [-0.05, 0) is 18.9 Å². The Morgan fingerprint density at radius 1 is 1.50 bits per heavy atom. The van der Waals surface area contributed by atoms with Crippen molar-refractivity contribution in [2.75, 3.05) is 0 Å². The molecule has 0 spiro atoms. The lowest BCUT2D eigenvalue weighted by Crippen LogP contribution is -1.99. The van der Waals surface area contributed by atoms with E-state index in [-0.39, 0.29) is 0 Å². The number of hydrogen-bond acceptors (Lipinski definition) is 1. The van der Waals surface area contributed by atoms with Crippen molar-refractivity contribution >= 4 is 5.71 Å². The smallest absolute Gasteiger partial charge is 0.0266 e. The highest BCUT2D eigenvalue weighted by Gasteiger charge is 1.93. The van der Waals surface area contributed by atoms with Gasteiger partial charge in [-0.1, -0.05) is 26.5 Å². The highest BCUT2D eigenvalue weighted by atomic mass is 14.7. The van der Waals surface area contributed by atoms with E-state index in [0.717, 1.165) is 5.71 Å². The predicted octanol–water partition coefficient (Wildman–Crippen LogP) is 2.80. The van der Waals surface area contributed by atoms with Gasteiger partial charge in [-0.25, -0.2) is 0 Å². The summed E-state index contributed by atoms with van der Waals surface area (Å²) in [7, 11) is 0. The lowest BCUT2D eigenvalue weighted by molar-refractivity contribution is 0.878. The summed E-state index contributed by atoms with van der Waals surface area (Å²) >= 11 is 0. The van der Waals surface area contributed by atoms with Gasteiger partial charge in [0.05, 0.1) is 0 Å². The van der Waals surface area contributed by atoms with E-state index >= 15 is 0 Å². The molecule has 0 heterocycles. The third-order valence-corrected chi connectivity index (χ3v) is 1.34. The minimum Gasteiger partial charge on any atom is -0.266 e. The van der Waals surface area contributed by atoms with Gasteiger partial charge in [-0.3, -0.25) is 4.99 Å². The fourth-order valence-corrected chi connectivity index (χ4v) is 0.371. The summed E-state index contributed by atoms with van der Waals surface area (Å²) in [6.07, 6.45) is 5.31. The van der Waals surface area contributed by atoms with Crippen molar-refractivity contribution in [1.29, 1.82) is 0 Å². The number of aliphatic imine (C=N–C) groups is 1. The standard InChI is InChI=1S/C9H15N/c1-5-6-7-10-9(4)8(2)3/h5-8H,1H2,2-4H3/b7-6-,10-9?. The van der Waals surface area contributed by atoms with Crippen LogP contribution in [0.25, 0.3) is 0 Å². The van der Waals surface area contributed by atoms with E-state index in [1.54, 1.807) is 12.3 Å². The highest BCUT2D eigenvalue weighted by Crippen LogP contribution is 1.95. The normalized spacial score (nSPS) is 13.0. The van der Waals surface area contributed by atoms with Gasteiger partial charge >= 0.3 is 0 Å².